The number of carbonyl (C=O) groups excluding carboxylic acids is 2. The van der Waals surface area contributed by atoms with E-state index in [1.165, 1.54) is 4.68 Å². The van der Waals surface area contributed by atoms with Gasteiger partial charge in [-0.15, -0.1) is 0 Å². The Morgan fingerprint density at radius 1 is 1.17 bits per heavy atom. The maximum Gasteiger partial charge on any atom is 0.275 e. The fourth-order valence-electron chi connectivity index (χ4n) is 3.43. The highest BCUT2D eigenvalue weighted by molar-refractivity contribution is 5.99. The van der Waals surface area contributed by atoms with Crippen molar-refractivity contribution in [1.82, 2.24) is 9.78 Å². The van der Waals surface area contributed by atoms with E-state index in [0.717, 1.165) is 11.3 Å². The van der Waals surface area contributed by atoms with Crippen molar-refractivity contribution in [2.24, 2.45) is 0 Å². The number of rotatable bonds is 4. The zero-order valence-electron chi connectivity index (χ0n) is 16.9. The van der Waals surface area contributed by atoms with E-state index in [4.69, 9.17) is 4.74 Å². The number of nitrogens with zero attached hydrogens (tertiary/aromatic N) is 1. The van der Waals surface area contributed by atoms with Crippen LogP contribution in [0.2, 0.25) is 0 Å². The molecule has 3 aromatic rings. The molecule has 3 N–H and O–H groups in total. The number of H-pyrrole nitrogens is 1. The number of aryl methyl sites for hydroxylation is 2. The summed E-state index contributed by atoms with van der Waals surface area (Å²) in [5.74, 6) is -0.0316. The number of nitrogens with one attached hydrogen (secondary N) is 3. The molecule has 1 aliphatic rings. The molecule has 1 atom stereocenters. The summed E-state index contributed by atoms with van der Waals surface area (Å²) in [6.07, 6.45) is -0.637. The van der Waals surface area contributed by atoms with Crippen molar-refractivity contribution in [1.29, 1.82) is 0 Å². The lowest BCUT2D eigenvalue weighted by molar-refractivity contribution is -0.122. The van der Waals surface area contributed by atoms with E-state index in [2.05, 4.69) is 15.7 Å². The van der Waals surface area contributed by atoms with Crippen molar-refractivity contribution >= 4 is 23.2 Å². The number of fused-ring (bicyclic) bond motifs is 1. The van der Waals surface area contributed by atoms with Gasteiger partial charge >= 0.3 is 0 Å². The first-order valence-corrected chi connectivity index (χ1v) is 9.61. The second kappa shape index (κ2) is 7.55. The third-order valence-electron chi connectivity index (χ3n) is 5.08. The Bertz CT molecular complexity index is 1210. The Morgan fingerprint density at radius 2 is 1.93 bits per heavy atom. The fraction of sp³-hybridized carbons (Fsp3) is 0.227. The summed E-state index contributed by atoms with van der Waals surface area (Å²) in [5.41, 5.74) is 3.48. The lowest BCUT2D eigenvalue weighted by Crippen LogP contribution is -2.34. The summed E-state index contributed by atoms with van der Waals surface area (Å²) in [6.45, 7) is 5.35. The van der Waals surface area contributed by atoms with Gasteiger partial charge in [0.15, 0.2) is 6.10 Å². The third-order valence-corrected chi connectivity index (χ3v) is 5.08. The highest BCUT2D eigenvalue weighted by Crippen LogP contribution is 2.32. The molecule has 30 heavy (non-hydrogen) atoms. The van der Waals surface area contributed by atoms with E-state index in [-0.39, 0.29) is 23.8 Å². The molecule has 0 aliphatic carbocycles. The Hall–Kier alpha value is -3.81. The first kappa shape index (κ1) is 19.5. The van der Waals surface area contributed by atoms with Crippen LogP contribution in [0.25, 0.3) is 5.69 Å². The number of amides is 2. The molecule has 1 unspecified atom stereocenters. The number of aromatic amines is 1. The van der Waals surface area contributed by atoms with Crippen LogP contribution in [0.1, 0.15) is 23.7 Å². The van der Waals surface area contributed by atoms with Crippen molar-refractivity contribution in [3.8, 4) is 11.4 Å². The van der Waals surface area contributed by atoms with Gasteiger partial charge in [-0.3, -0.25) is 19.5 Å². The molecule has 0 radical (unpaired) electrons. The summed E-state index contributed by atoms with van der Waals surface area (Å²) in [4.78, 5) is 37.3. The molecule has 154 valence electrons. The molecule has 1 aliphatic heterocycles. The maximum absolute atomic E-state index is 12.9. The first-order chi connectivity index (χ1) is 14.3. The molecule has 0 saturated carbocycles. The Labute approximate surface area is 172 Å². The smallest absolute Gasteiger partial charge is 0.275 e. The van der Waals surface area contributed by atoms with Crippen LogP contribution in [-0.4, -0.2) is 27.7 Å². The molecule has 2 aromatic carbocycles. The number of hydrogen-bond acceptors (Lipinski definition) is 4. The normalized spacial score (nSPS) is 15.2. The number of hydrogen-bond donors (Lipinski definition) is 3. The summed E-state index contributed by atoms with van der Waals surface area (Å²) >= 11 is 0. The second-order valence-corrected chi connectivity index (χ2v) is 7.33. The Balaban J connectivity index is 1.53. The van der Waals surface area contributed by atoms with Gasteiger partial charge < -0.3 is 15.4 Å². The van der Waals surface area contributed by atoms with Gasteiger partial charge in [0.1, 0.15) is 5.75 Å². The number of carbonyl (C=O) groups is 2. The predicted molar refractivity (Wildman–Crippen MR) is 113 cm³/mol. The third kappa shape index (κ3) is 3.59. The monoisotopic (exact) mass is 406 g/mol. The number of ether oxygens (including phenoxy) is 1. The topological polar surface area (TPSA) is 105 Å². The van der Waals surface area contributed by atoms with Crippen molar-refractivity contribution in [3.63, 3.8) is 0 Å². The standard InChI is InChI=1S/C22H22N4O4/c1-12-6-4-5-7-18(12)26-22(29)16(13(2)25-26)11-20(27)23-15-8-9-19-17(10-15)24-21(28)14(3)30-19/h4-10,14,25H,11H2,1-3H3,(H,23,27)(H,24,28). The van der Waals surface area contributed by atoms with Gasteiger partial charge in [-0.25, -0.2) is 4.68 Å². The minimum Gasteiger partial charge on any atom is -0.479 e. The first-order valence-electron chi connectivity index (χ1n) is 9.61. The van der Waals surface area contributed by atoms with Gasteiger partial charge in [0.05, 0.1) is 17.8 Å². The Kier molecular flexibility index (Phi) is 4.91. The highest BCUT2D eigenvalue weighted by Gasteiger charge is 2.24. The van der Waals surface area contributed by atoms with E-state index < -0.39 is 6.10 Å². The number of aromatic nitrogens is 2. The van der Waals surface area contributed by atoms with Gasteiger partial charge in [-0.2, -0.15) is 0 Å². The van der Waals surface area contributed by atoms with E-state index in [1.54, 1.807) is 32.0 Å². The zero-order valence-corrected chi connectivity index (χ0v) is 16.9. The SMILES string of the molecule is Cc1ccccc1-n1[nH]c(C)c(CC(=O)Nc2ccc3c(c2)NC(=O)C(C)O3)c1=O. The van der Waals surface area contributed by atoms with Gasteiger partial charge in [0.25, 0.3) is 11.5 Å². The molecule has 1 aromatic heterocycles. The van der Waals surface area contributed by atoms with Crippen molar-refractivity contribution < 1.29 is 14.3 Å². The van der Waals surface area contributed by atoms with Gasteiger partial charge in [-0.05, 0) is 50.6 Å². The molecular formula is C22H22N4O4. The summed E-state index contributed by atoms with van der Waals surface area (Å²) in [6, 6.07) is 12.5. The zero-order chi connectivity index (χ0) is 21.4. The van der Waals surface area contributed by atoms with Crippen LogP contribution in [-0.2, 0) is 16.0 Å². The van der Waals surface area contributed by atoms with E-state index >= 15 is 0 Å². The van der Waals surface area contributed by atoms with Crippen LogP contribution >= 0.6 is 0 Å². The van der Waals surface area contributed by atoms with Crippen molar-refractivity contribution in [2.45, 2.75) is 33.3 Å². The quantitative estimate of drug-likeness (QED) is 0.619. The van der Waals surface area contributed by atoms with E-state index in [9.17, 15) is 14.4 Å². The second-order valence-electron chi connectivity index (χ2n) is 7.33. The van der Waals surface area contributed by atoms with Gasteiger partial charge in [-0.1, -0.05) is 18.2 Å². The fourth-order valence-corrected chi connectivity index (χ4v) is 3.43. The van der Waals surface area contributed by atoms with Crippen LogP contribution in [0.4, 0.5) is 11.4 Å². The molecule has 8 nitrogen and oxygen atoms in total. The summed E-state index contributed by atoms with van der Waals surface area (Å²) < 4.78 is 6.97. The van der Waals surface area contributed by atoms with Crippen LogP contribution < -0.4 is 20.9 Å². The van der Waals surface area contributed by atoms with Crippen LogP contribution in [0.5, 0.6) is 5.75 Å². The largest absolute Gasteiger partial charge is 0.479 e. The highest BCUT2D eigenvalue weighted by atomic mass is 16.5. The Morgan fingerprint density at radius 3 is 2.70 bits per heavy atom. The maximum atomic E-state index is 12.9. The average Bonchev–Trinajstić information content (AvgIpc) is 2.97. The predicted octanol–water partition coefficient (Wildman–Crippen LogP) is 2.68. The molecule has 2 heterocycles. The molecule has 0 bridgehead atoms. The van der Waals surface area contributed by atoms with Gasteiger partial charge in [0, 0.05) is 16.9 Å². The summed E-state index contributed by atoms with van der Waals surface area (Å²) in [7, 11) is 0. The molecular weight excluding hydrogens is 384 g/mol. The lowest BCUT2D eigenvalue weighted by Gasteiger charge is -2.23. The van der Waals surface area contributed by atoms with E-state index in [1.807, 2.05) is 31.2 Å². The van der Waals surface area contributed by atoms with Crippen LogP contribution in [0.3, 0.4) is 0 Å². The van der Waals surface area contributed by atoms with Gasteiger partial charge in [0.2, 0.25) is 5.91 Å². The minimum absolute atomic E-state index is 0.0724. The van der Waals surface area contributed by atoms with Crippen molar-refractivity contribution in [2.75, 3.05) is 10.6 Å². The lowest BCUT2D eigenvalue weighted by atomic mass is 10.1. The molecule has 0 fully saturated rings. The number of benzene rings is 2. The molecule has 8 heteroatoms. The molecule has 4 rings (SSSR count). The average molecular weight is 406 g/mol. The molecule has 0 spiro atoms. The van der Waals surface area contributed by atoms with Crippen molar-refractivity contribution in [3.05, 3.63) is 69.6 Å². The summed E-state index contributed by atoms with van der Waals surface area (Å²) in [5, 5.41) is 8.57. The van der Waals surface area contributed by atoms with Crippen LogP contribution in [0.15, 0.2) is 47.3 Å². The molecule has 0 saturated heterocycles. The van der Waals surface area contributed by atoms with E-state index in [0.29, 0.717) is 28.4 Å². The van der Waals surface area contributed by atoms with Crippen LogP contribution in [0, 0.1) is 13.8 Å². The number of para-hydroxylation sites is 1. The number of anilines is 2. The molecule has 2 amide bonds. The minimum atomic E-state index is -0.565.